The lowest BCUT2D eigenvalue weighted by atomic mass is 9.96. The van der Waals surface area contributed by atoms with E-state index in [1.54, 1.807) is 6.08 Å². The maximum absolute atomic E-state index is 13.4. The highest BCUT2D eigenvalue weighted by Gasteiger charge is 2.53. The minimum Gasteiger partial charge on any atom is -0.394 e. The van der Waals surface area contributed by atoms with Gasteiger partial charge in [0.2, 0.25) is 5.91 Å². The van der Waals surface area contributed by atoms with Gasteiger partial charge in [-0.05, 0) is 122 Å². The van der Waals surface area contributed by atoms with Gasteiger partial charge >= 0.3 is 0 Å². The Kier molecular flexibility index (Phi) is 51.8. The molecule has 3 fully saturated rings. The standard InChI is InChI=1S/C79H127NO18/c1-3-5-7-9-11-13-15-17-19-21-23-25-26-27-28-29-30-31-32-33-34-35-36-37-39-41-43-45-47-49-51-53-55-57-67(85)80-62(63(84)56-54-52-50-48-46-44-42-40-38-24-22-20-18-16-14-12-10-8-6-4-2)61-93-77-73(91)70(88)75(65(59-82)95-77)98-79-74(92)71(89)76(66(60-83)96-79)97-78-72(90)69(87)68(86)64(58-81)94-78/h5,7,11,13,17,19,23,25,27-28,30-31,33-34,36-38,40-41,43,46-49,54,56,62-66,68-79,81-84,86-92H,3-4,6,8-10,12,14-16,18,20-22,24,26,29,32,35,39,42,44-45,50-53,55,57-61H2,1-2H3,(H,80,85)/b7-5-,13-11-,19-17-,25-23-,28-27-,31-30-,34-33-,37-36-,40-38+,43-41-,48-46+,49-47-,56-54+. The lowest BCUT2D eigenvalue weighted by Gasteiger charge is -2.48. The van der Waals surface area contributed by atoms with Gasteiger partial charge in [-0.2, -0.15) is 0 Å². The van der Waals surface area contributed by atoms with Gasteiger partial charge in [-0.3, -0.25) is 4.79 Å². The van der Waals surface area contributed by atoms with Crippen molar-refractivity contribution in [2.24, 2.45) is 0 Å². The maximum Gasteiger partial charge on any atom is 0.220 e. The summed E-state index contributed by atoms with van der Waals surface area (Å²) >= 11 is 0. The summed E-state index contributed by atoms with van der Waals surface area (Å²) in [5, 5.41) is 121. The zero-order valence-corrected chi connectivity index (χ0v) is 58.9. The first-order valence-electron chi connectivity index (χ1n) is 36.7. The number of unbranched alkanes of at least 4 members (excludes halogenated alkanes) is 14. The van der Waals surface area contributed by atoms with Gasteiger partial charge in [0.05, 0.1) is 38.6 Å². The van der Waals surface area contributed by atoms with Crippen LogP contribution in [0.5, 0.6) is 0 Å². The Morgan fingerprint density at radius 3 is 1.14 bits per heavy atom. The monoisotopic (exact) mass is 1380 g/mol. The van der Waals surface area contributed by atoms with Crippen molar-refractivity contribution in [3.05, 3.63) is 158 Å². The predicted octanol–water partition coefficient (Wildman–Crippen LogP) is 10.9. The number of carbonyl (C=O) groups is 1. The van der Waals surface area contributed by atoms with Gasteiger partial charge < -0.3 is 89.9 Å². The van der Waals surface area contributed by atoms with Gasteiger partial charge in [0.25, 0.3) is 0 Å². The number of hydrogen-bond acceptors (Lipinski definition) is 18. The topological polar surface area (TPSA) is 307 Å². The molecule has 3 aliphatic rings. The molecular weight excluding hydrogens is 1250 g/mol. The second-order valence-corrected chi connectivity index (χ2v) is 25.3. The van der Waals surface area contributed by atoms with E-state index in [1.807, 2.05) is 6.08 Å². The van der Waals surface area contributed by atoms with Crippen molar-refractivity contribution in [1.82, 2.24) is 5.32 Å². The second-order valence-electron chi connectivity index (χ2n) is 25.3. The summed E-state index contributed by atoms with van der Waals surface area (Å²) in [6.45, 7) is 1.54. The summed E-state index contributed by atoms with van der Waals surface area (Å²) in [6.07, 6.45) is 57.9. The molecule has 0 spiro atoms. The van der Waals surface area contributed by atoms with Crippen molar-refractivity contribution >= 4 is 5.91 Å². The van der Waals surface area contributed by atoms with Crippen LogP contribution in [0.4, 0.5) is 0 Å². The highest BCUT2D eigenvalue weighted by molar-refractivity contribution is 5.76. The van der Waals surface area contributed by atoms with Crippen LogP contribution >= 0.6 is 0 Å². The number of allylic oxidation sites excluding steroid dienone is 25. The van der Waals surface area contributed by atoms with Gasteiger partial charge in [0.1, 0.15) is 73.2 Å². The van der Waals surface area contributed by atoms with Crippen LogP contribution in [-0.2, 0) is 33.2 Å². The molecule has 19 nitrogen and oxygen atoms in total. The Bertz CT molecular complexity index is 2390. The Labute approximate surface area is 586 Å². The minimum atomic E-state index is -2.00. The molecule has 0 aromatic heterocycles. The van der Waals surface area contributed by atoms with Crippen LogP contribution in [0, 0.1) is 0 Å². The number of ether oxygens (including phenoxy) is 6. The molecule has 0 bridgehead atoms. The Morgan fingerprint density at radius 1 is 0.378 bits per heavy atom. The SMILES string of the molecule is CC/C=C\C/C=C\C/C=C\C/C=C\C/C=C\C/C=C\C/C=C\C/C=C\C/C=C\C/C=C\CCCCC(=O)NC(COC1OC(CO)C(OC2OC(CO)C(OC3OC(CO)C(O)C(O)C3O)C(O)C2O)C(O)C1O)C(O)/C=C/CC/C=C/CC/C=C/CCCCCCCCCCCC. The molecule has 17 unspecified atom stereocenters. The number of carbonyl (C=O) groups excluding carboxylic acids is 1. The summed E-state index contributed by atoms with van der Waals surface area (Å²) in [5.74, 6) is -0.339. The van der Waals surface area contributed by atoms with Gasteiger partial charge in [-0.1, -0.05) is 230 Å². The highest BCUT2D eigenvalue weighted by atomic mass is 16.8. The Hall–Kier alpha value is -4.59. The first-order chi connectivity index (χ1) is 47.8. The van der Waals surface area contributed by atoms with Gasteiger partial charge in [0, 0.05) is 6.42 Å². The molecule has 3 saturated heterocycles. The summed E-state index contributed by atoms with van der Waals surface area (Å²) < 4.78 is 34.3. The van der Waals surface area contributed by atoms with E-state index in [4.69, 9.17) is 28.4 Å². The fraction of sp³-hybridized carbons (Fsp3) is 0.658. The van der Waals surface area contributed by atoms with Crippen molar-refractivity contribution in [1.29, 1.82) is 0 Å². The highest BCUT2D eigenvalue weighted by Crippen LogP contribution is 2.33. The minimum absolute atomic E-state index is 0.165. The molecular formula is C79H127NO18. The number of aliphatic hydroxyl groups is 11. The molecule has 98 heavy (non-hydrogen) atoms. The van der Waals surface area contributed by atoms with E-state index in [0.717, 1.165) is 103 Å². The van der Waals surface area contributed by atoms with E-state index >= 15 is 0 Å². The van der Waals surface area contributed by atoms with Crippen molar-refractivity contribution < 1.29 is 89.4 Å². The molecule has 17 atom stereocenters. The normalized spacial score (nSPS) is 27.7. The van der Waals surface area contributed by atoms with E-state index in [0.29, 0.717) is 12.8 Å². The van der Waals surface area contributed by atoms with Crippen LogP contribution in [0.3, 0.4) is 0 Å². The molecule has 3 aliphatic heterocycles. The van der Waals surface area contributed by atoms with Crippen LogP contribution < -0.4 is 5.32 Å². The van der Waals surface area contributed by atoms with Crippen LogP contribution in [0.15, 0.2) is 158 Å². The molecule has 3 heterocycles. The Morgan fingerprint density at radius 2 is 0.714 bits per heavy atom. The molecule has 12 N–H and O–H groups in total. The lowest BCUT2D eigenvalue weighted by Crippen LogP contribution is -2.66. The smallest absolute Gasteiger partial charge is 0.220 e. The molecule has 1 amide bonds. The number of nitrogens with one attached hydrogen (secondary N) is 1. The fourth-order valence-electron chi connectivity index (χ4n) is 11.1. The quantitative estimate of drug-likeness (QED) is 0.0199. The van der Waals surface area contributed by atoms with Crippen molar-refractivity contribution in [2.45, 2.75) is 304 Å². The van der Waals surface area contributed by atoms with Crippen LogP contribution in [-0.4, -0.2) is 193 Å². The zero-order chi connectivity index (χ0) is 71.1. The first-order valence-corrected chi connectivity index (χ1v) is 36.7. The molecule has 0 saturated carbocycles. The van der Waals surface area contributed by atoms with Crippen molar-refractivity contribution in [2.75, 3.05) is 26.4 Å². The molecule has 3 rings (SSSR count). The summed E-state index contributed by atoms with van der Waals surface area (Å²) in [7, 11) is 0. The van der Waals surface area contributed by atoms with E-state index in [9.17, 15) is 61.0 Å². The average Bonchev–Trinajstić information content (AvgIpc) is 0.782. The molecule has 19 heteroatoms. The number of rotatable bonds is 54. The number of amides is 1. The zero-order valence-electron chi connectivity index (χ0n) is 58.9. The van der Waals surface area contributed by atoms with Gasteiger partial charge in [-0.15, -0.1) is 0 Å². The van der Waals surface area contributed by atoms with Gasteiger partial charge in [0.15, 0.2) is 18.9 Å². The molecule has 0 aromatic rings. The molecule has 556 valence electrons. The Balaban J connectivity index is 1.45. The van der Waals surface area contributed by atoms with Crippen LogP contribution in [0.1, 0.15) is 200 Å². The van der Waals surface area contributed by atoms with E-state index in [2.05, 4.69) is 165 Å². The van der Waals surface area contributed by atoms with Crippen LogP contribution in [0.2, 0.25) is 0 Å². The third kappa shape index (κ3) is 38.4. The van der Waals surface area contributed by atoms with E-state index < -0.39 is 131 Å². The molecule has 0 aliphatic carbocycles. The summed E-state index contributed by atoms with van der Waals surface area (Å²) in [5.41, 5.74) is 0. The van der Waals surface area contributed by atoms with E-state index in [-0.39, 0.29) is 12.3 Å². The maximum atomic E-state index is 13.4. The third-order valence-corrected chi connectivity index (χ3v) is 17.0. The second kappa shape index (κ2) is 58.0. The summed E-state index contributed by atoms with van der Waals surface area (Å²) in [4.78, 5) is 13.4. The summed E-state index contributed by atoms with van der Waals surface area (Å²) in [6, 6.07) is -1.03. The first kappa shape index (κ1) is 87.6. The predicted molar refractivity (Wildman–Crippen MR) is 387 cm³/mol. The van der Waals surface area contributed by atoms with Crippen molar-refractivity contribution in [3.8, 4) is 0 Å². The largest absolute Gasteiger partial charge is 0.394 e. The number of aliphatic hydroxyl groups excluding tert-OH is 11. The number of hydrogen-bond donors (Lipinski definition) is 12. The van der Waals surface area contributed by atoms with Crippen LogP contribution in [0.25, 0.3) is 0 Å². The average molecular weight is 1380 g/mol. The van der Waals surface area contributed by atoms with Gasteiger partial charge in [-0.25, -0.2) is 0 Å². The van der Waals surface area contributed by atoms with E-state index in [1.165, 1.54) is 64.2 Å². The van der Waals surface area contributed by atoms with Crippen molar-refractivity contribution in [3.63, 3.8) is 0 Å². The molecule has 0 radical (unpaired) electrons. The third-order valence-electron chi connectivity index (χ3n) is 17.0. The lowest BCUT2D eigenvalue weighted by molar-refractivity contribution is -0.379. The molecule has 0 aromatic carbocycles. The fourth-order valence-corrected chi connectivity index (χ4v) is 11.1.